The molecule has 2 bridgehead atoms. The maximum absolute atomic E-state index is 14.5. The van der Waals surface area contributed by atoms with E-state index in [4.69, 9.17) is 21.1 Å². The summed E-state index contributed by atoms with van der Waals surface area (Å²) < 4.78 is 40.1. The highest BCUT2D eigenvalue weighted by atomic mass is 35.5. The molecule has 1 saturated heterocycles. The lowest BCUT2D eigenvalue weighted by molar-refractivity contribution is -0.128. The number of nitrogens with one attached hydrogen (secondary N) is 1. The zero-order valence-corrected chi connectivity index (χ0v) is 27.2. The van der Waals surface area contributed by atoms with Gasteiger partial charge in [-0.05, 0) is 97.7 Å². The van der Waals surface area contributed by atoms with Crippen LogP contribution in [0.25, 0.3) is 5.57 Å². The van der Waals surface area contributed by atoms with E-state index in [9.17, 15) is 23.5 Å². The van der Waals surface area contributed by atoms with Crippen molar-refractivity contribution >= 4 is 29.2 Å². The van der Waals surface area contributed by atoms with Gasteiger partial charge in [0.1, 0.15) is 24.7 Å². The average molecular weight is 666 g/mol. The molecule has 3 aliphatic rings. The molecule has 248 valence electrons. The topological polar surface area (TPSA) is 91.3 Å². The second-order valence-electron chi connectivity index (χ2n) is 12.4. The van der Waals surface area contributed by atoms with Gasteiger partial charge in [-0.2, -0.15) is 0 Å². The van der Waals surface area contributed by atoms with E-state index in [-0.39, 0.29) is 36.5 Å². The van der Waals surface area contributed by atoms with Gasteiger partial charge >= 0.3 is 6.09 Å². The first-order chi connectivity index (χ1) is 22.6. The van der Waals surface area contributed by atoms with Crippen LogP contribution in [0.4, 0.5) is 13.6 Å². The Balaban J connectivity index is 1.22. The number of carbonyl (C=O) groups excluding carboxylic acids is 1. The molecule has 11 heteroatoms. The van der Waals surface area contributed by atoms with Crippen molar-refractivity contribution in [2.24, 2.45) is 0 Å². The molecule has 6 rings (SSSR count). The van der Waals surface area contributed by atoms with Gasteiger partial charge in [0, 0.05) is 31.2 Å². The molecule has 2 heterocycles. The third kappa shape index (κ3) is 7.09. The number of piperazine rings is 1. The Hall–Kier alpha value is -4.15. The number of fused-ring (bicyclic) bond motifs is 2. The molecule has 2 N–H and O–H groups in total. The standard InChI is InChI=1S/C36H38ClF2N3O5/c1-21-16-29(37)32(17-22(21)2)47-15-14-46-27-10-6-23(7-11-27)28-18-26-19-40-20-31(42(26)36(44)45)33(28)35(43)41(25-8-9-25)13-12-24-4-3-5-30(38)34(24)39/h3-7,10-11,16-17,25-26,31,40H,8-9,12-15,18-20H2,1-2H3,(H,44,45)/t26-,31-/m1/s1. The van der Waals surface area contributed by atoms with E-state index in [1.165, 1.54) is 17.0 Å². The lowest BCUT2D eigenvalue weighted by Crippen LogP contribution is -2.63. The summed E-state index contributed by atoms with van der Waals surface area (Å²) in [6.07, 6.45) is 1.05. The number of benzene rings is 3. The lowest BCUT2D eigenvalue weighted by atomic mass is 9.82. The lowest BCUT2D eigenvalue weighted by Gasteiger charge is -2.47. The van der Waals surface area contributed by atoms with Crippen LogP contribution in [0.2, 0.25) is 5.02 Å². The maximum atomic E-state index is 14.5. The molecule has 0 aromatic heterocycles. The monoisotopic (exact) mass is 665 g/mol. The van der Waals surface area contributed by atoms with Gasteiger partial charge in [0.15, 0.2) is 11.6 Å². The van der Waals surface area contributed by atoms with Crippen LogP contribution in [0.5, 0.6) is 11.5 Å². The van der Waals surface area contributed by atoms with Crippen molar-refractivity contribution in [2.45, 2.75) is 57.7 Å². The van der Waals surface area contributed by atoms with Gasteiger partial charge in [-0.25, -0.2) is 13.6 Å². The normalized spacial score (nSPS) is 19.0. The molecule has 2 atom stereocenters. The predicted octanol–water partition coefficient (Wildman–Crippen LogP) is 6.40. The molecule has 0 unspecified atom stereocenters. The van der Waals surface area contributed by atoms with Gasteiger partial charge in [-0.15, -0.1) is 0 Å². The molecule has 47 heavy (non-hydrogen) atoms. The Bertz CT molecular complexity index is 1690. The number of nitrogens with zero attached hydrogens (tertiary/aromatic N) is 2. The molecular formula is C36H38ClF2N3O5. The summed E-state index contributed by atoms with van der Waals surface area (Å²) >= 11 is 6.32. The number of amides is 2. The average Bonchev–Trinajstić information content (AvgIpc) is 3.89. The number of carboxylic acid groups (broad SMARTS) is 1. The fourth-order valence-corrected chi connectivity index (χ4v) is 6.81. The second-order valence-corrected chi connectivity index (χ2v) is 12.8. The van der Waals surface area contributed by atoms with Gasteiger partial charge < -0.3 is 24.8 Å². The fourth-order valence-electron chi connectivity index (χ4n) is 6.53. The predicted molar refractivity (Wildman–Crippen MR) is 175 cm³/mol. The van der Waals surface area contributed by atoms with E-state index < -0.39 is 23.8 Å². The van der Waals surface area contributed by atoms with E-state index in [2.05, 4.69) is 5.32 Å². The molecular weight excluding hydrogens is 628 g/mol. The third-order valence-corrected chi connectivity index (χ3v) is 9.55. The summed E-state index contributed by atoms with van der Waals surface area (Å²) in [5, 5.41) is 14.0. The Kier molecular flexibility index (Phi) is 9.70. The first-order valence-corrected chi connectivity index (χ1v) is 16.3. The SMILES string of the molecule is Cc1cc(Cl)c(OCCOc2ccc(C3=C(C(=O)N(CCc4cccc(F)c4F)C4CC4)[C@H]4CNC[C@@H](C3)N4C(=O)O)cc2)cc1C. The van der Waals surface area contributed by atoms with Crippen LogP contribution in [0.3, 0.4) is 0 Å². The highest BCUT2D eigenvalue weighted by Crippen LogP contribution is 2.40. The summed E-state index contributed by atoms with van der Waals surface area (Å²) in [4.78, 5) is 30.0. The van der Waals surface area contributed by atoms with Crippen molar-refractivity contribution < 1.29 is 33.0 Å². The first kappa shape index (κ1) is 32.8. The molecule has 3 aromatic carbocycles. The molecule has 3 aromatic rings. The minimum absolute atomic E-state index is 0.0304. The Morgan fingerprint density at radius 2 is 1.74 bits per heavy atom. The van der Waals surface area contributed by atoms with Gasteiger partial charge in [0.25, 0.3) is 5.91 Å². The quantitative estimate of drug-likeness (QED) is 0.230. The molecule has 2 fully saturated rings. The van der Waals surface area contributed by atoms with Gasteiger partial charge in [-0.1, -0.05) is 35.9 Å². The second kappa shape index (κ2) is 13.9. The summed E-state index contributed by atoms with van der Waals surface area (Å²) in [7, 11) is 0. The number of hydrogen-bond donors (Lipinski definition) is 2. The van der Waals surface area contributed by atoms with Crippen molar-refractivity contribution in [3.63, 3.8) is 0 Å². The molecule has 8 nitrogen and oxygen atoms in total. The first-order valence-electron chi connectivity index (χ1n) is 15.9. The van der Waals surface area contributed by atoms with Crippen LogP contribution in [0.15, 0.2) is 60.2 Å². The number of halogens is 3. The number of ether oxygens (including phenoxy) is 2. The zero-order chi connectivity index (χ0) is 33.2. The zero-order valence-electron chi connectivity index (χ0n) is 26.4. The van der Waals surface area contributed by atoms with Crippen molar-refractivity contribution in [3.05, 3.63) is 99.1 Å². The highest BCUT2D eigenvalue weighted by molar-refractivity contribution is 6.32. The van der Waals surface area contributed by atoms with E-state index >= 15 is 0 Å². The summed E-state index contributed by atoms with van der Waals surface area (Å²) in [5.74, 6) is -0.871. The molecule has 0 radical (unpaired) electrons. The molecule has 1 aliphatic carbocycles. The van der Waals surface area contributed by atoms with Crippen LogP contribution in [0.1, 0.15) is 41.5 Å². The minimum atomic E-state index is -1.07. The Labute approximate surface area is 277 Å². The van der Waals surface area contributed by atoms with E-state index in [0.717, 1.165) is 41.2 Å². The molecule has 1 saturated carbocycles. The summed E-state index contributed by atoms with van der Waals surface area (Å²) in [5.41, 5.74) is 4.41. The number of hydrogen-bond acceptors (Lipinski definition) is 5. The van der Waals surface area contributed by atoms with Gasteiger partial charge in [-0.3, -0.25) is 9.69 Å². The Morgan fingerprint density at radius 1 is 1.02 bits per heavy atom. The fraction of sp³-hybridized carbons (Fsp3) is 0.389. The Morgan fingerprint density at radius 3 is 2.47 bits per heavy atom. The largest absolute Gasteiger partial charge is 0.490 e. The van der Waals surface area contributed by atoms with Gasteiger partial charge in [0.2, 0.25) is 0 Å². The van der Waals surface area contributed by atoms with Crippen LogP contribution >= 0.6 is 11.6 Å². The molecule has 0 spiro atoms. The summed E-state index contributed by atoms with van der Waals surface area (Å²) in [6, 6.07) is 14.2. The smallest absolute Gasteiger partial charge is 0.408 e. The van der Waals surface area contributed by atoms with E-state index in [1.807, 2.05) is 50.2 Å². The third-order valence-electron chi connectivity index (χ3n) is 9.26. The van der Waals surface area contributed by atoms with Crippen LogP contribution < -0.4 is 14.8 Å². The van der Waals surface area contributed by atoms with Crippen molar-refractivity contribution in [3.8, 4) is 11.5 Å². The van der Waals surface area contributed by atoms with Crippen LogP contribution in [-0.2, 0) is 11.2 Å². The van der Waals surface area contributed by atoms with Crippen LogP contribution in [0, 0.1) is 25.5 Å². The number of aryl methyl sites for hydroxylation is 2. The molecule has 2 aliphatic heterocycles. The van der Waals surface area contributed by atoms with Crippen LogP contribution in [-0.4, -0.2) is 77.9 Å². The molecule has 2 amide bonds. The van der Waals surface area contributed by atoms with Crippen molar-refractivity contribution in [1.29, 1.82) is 0 Å². The number of carbonyl (C=O) groups is 2. The van der Waals surface area contributed by atoms with E-state index in [0.29, 0.717) is 54.8 Å². The highest BCUT2D eigenvalue weighted by Gasteiger charge is 2.46. The van der Waals surface area contributed by atoms with E-state index in [1.54, 1.807) is 4.90 Å². The van der Waals surface area contributed by atoms with Crippen molar-refractivity contribution in [2.75, 3.05) is 32.8 Å². The number of rotatable bonds is 11. The summed E-state index contributed by atoms with van der Waals surface area (Å²) in [6.45, 7) is 5.55. The van der Waals surface area contributed by atoms with Gasteiger partial charge in [0.05, 0.1) is 17.1 Å². The minimum Gasteiger partial charge on any atom is -0.490 e. The van der Waals surface area contributed by atoms with Crippen molar-refractivity contribution in [1.82, 2.24) is 15.1 Å². The maximum Gasteiger partial charge on any atom is 0.408 e.